The van der Waals surface area contributed by atoms with Gasteiger partial charge in [-0.2, -0.15) is 0 Å². The first-order chi connectivity index (χ1) is 10.6. The summed E-state index contributed by atoms with van der Waals surface area (Å²) in [6.07, 6.45) is 2.13. The maximum Gasteiger partial charge on any atom is 0.323 e. The molecule has 1 aliphatic rings. The van der Waals surface area contributed by atoms with Gasteiger partial charge in [0.1, 0.15) is 11.3 Å². The molecular weight excluding hydrogens is 327 g/mol. The number of nitrogens with zero attached hydrogens (tertiary/aromatic N) is 3. The maximum atomic E-state index is 13.9. The first kappa shape index (κ1) is 15.2. The lowest BCUT2D eigenvalue weighted by Crippen LogP contribution is -2.39. The van der Waals surface area contributed by atoms with Crippen LogP contribution in [0.15, 0.2) is 23.7 Å². The van der Waals surface area contributed by atoms with Gasteiger partial charge in [-0.05, 0) is 31.4 Å². The van der Waals surface area contributed by atoms with Crippen molar-refractivity contribution in [2.45, 2.75) is 25.3 Å². The zero-order chi connectivity index (χ0) is 15.5. The zero-order valence-corrected chi connectivity index (χ0v) is 13.2. The molecule has 2 amide bonds. The Labute approximate surface area is 136 Å². The van der Waals surface area contributed by atoms with E-state index in [1.807, 2.05) is 0 Å². The van der Waals surface area contributed by atoms with E-state index in [4.69, 9.17) is 11.6 Å². The molecule has 0 spiro atoms. The van der Waals surface area contributed by atoms with Crippen LogP contribution in [-0.2, 0) is 6.42 Å². The topological polar surface area (TPSA) is 58.1 Å². The van der Waals surface area contributed by atoms with E-state index in [2.05, 4.69) is 15.5 Å². The SMILES string of the molecule is O=C(Nc1nncs1)N1CCC[C@@H]1Cc1c(F)cccc1Cl. The molecule has 0 unspecified atom stereocenters. The lowest BCUT2D eigenvalue weighted by molar-refractivity contribution is 0.206. The van der Waals surface area contributed by atoms with Crippen LogP contribution in [-0.4, -0.2) is 33.7 Å². The summed E-state index contributed by atoms with van der Waals surface area (Å²) >= 11 is 7.33. The van der Waals surface area contributed by atoms with E-state index >= 15 is 0 Å². The van der Waals surface area contributed by atoms with E-state index in [9.17, 15) is 9.18 Å². The van der Waals surface area contributed by atoms with Crippen molar-refractivity contribution >= 4 is 34.1 Å². The van der Waals surface area contributed by atoms with Gasteiger partial charge < -0.3 is 4.90 Å². The monoisotopic (exact) mass is 340 g/mol. The fourth-order valence-corrected chi connectivity index (χ4v) is 3.34. The number of benzene rings is 1. The summed E-state index contributed by atoms with van der Waals surface area (Å²) in [7, 11) is 0. The highest BCUT2D eigenvalue weighted by atomic mass is 35.5. The quantitative estimate of drug-likeness (QED) is 0.929. The summed E-state index contributed by atoms with van der Waals surface area (Å²) in [4.78, 5) is 14.0. The Bertz CT molecular complexity index is 647. The minimum Gasteiger partial charge on any atom is -0.321 e. The molecule has 8 heteroatoms. The number of rotatable bonds is 3. The molecular formula is C14H14ClFN4OS. The summed E-state index contributed by atoms with van der Waals surface area (Å²) < 4.78 is 13.9. The number of carbonyl (C=O) groups excluding carboxylic acids is 1. The molecule has 0 radical (unpaired) electrons. The fraction of sp³-hybridized carbons (Fsp3) is 0.357. The number of likely N-dealkylation sites (tertiary alicyclic amines) is 1. The highest BCUT2D eigenvalue weighted by molar-refractivity contribution is 7.13. The van der Waals surface area contributed by atoms with Crippen molar-refractivity contribution in [2.24, 2.45) is 0 Å². The van der Waals surface area contributed by atoms with Crippen LogP contribution in [0.5, 0.6) is 0 Å². The molecule has 0 bridgehead atoms. The van der Waals surface area contributed by atoms with Gasteiger partial charge in [-0.3, -0.25) is 5.32 Å². The predicted molar refractivity (Wildman–Crippen MR) is 83.8 cm³/mol. The number of urea groups is 1. The van der Waals surface area contributed by atoms with Crippen molar-refractivity contribution in [2.75, 3.05) is 11.9 Å². The highest BCUT2D eigenvalue weighted by Gasteiger charge is 2.30. The minimum absolute atomic E-state index is 0.0673. The second kappa shape index (κ2) is 6.58. The Morgan fingerprint density at radius 1 is 1.55 bits per heavy atom. The van der Waals surface area contributed by atoms with Gasteiger partial charge in [0.25, 0.3) is 0 Å². The summed E-state index contributed by atoms with van der Waals surface area (Å²) in [5.41, 5.74) is 2.01. The number of halogens is 2. The van der Waals surface area contributed by atoms with E-state index < -0.39 is 0 Å². The summed E-state index contributed by atoms with van der Waals surface area (Å²) in [6, 6.07) is 4.34. The number of aromatic nitrogens is 2. The first-order valence-corrected chi connectivity index (χ1v) is 8.17. The standard InChI is InChI=1S/C14H14ClFN4OS/c15-11-4-1-5-12(16)10(11)7-9-3-2-6-20(9)14(21)18-13-19-17-8-22-13/h1,4-5,8-9H,2-3,6-7H2,(H,18,19,21)/t9-/m1/s1. The predicted octanol–water partition coefficient (Wildman–Crippen LogP) is 3.57. The Morgan fingerprint density at radius 3 is 3.14 bits per heavy atom. The molecule has 1 atom stereocenters. The number of hydrogen-bond acceptors (Lipinski definition) is 4. The zero-order valence-electron chi connectivity index (χ0n) is 11.6. The number of hydrogen-bond donors (Lipinski definition) is 1. The van der Waals surface area contributed by atoms with E-state index in [-0.39, 0.29) is 17.9 Å². The summed E-state index contributed by atoms with van der Waals surface area (Å²) in [5, 5.41) is 11.0. The molecule has 1 aromatic carbocycles. The Kier molecular flexibility index (Phi) is 4.54. The smallest absolute Gasteiger partial charge is 0.321 e. The highest BCUT2D eigenvalue weighted by Crippen LogP contribution is 2.27. The van der Waals surface area contributed by atoms with Gasteiger partial charge in [0.2, 0.25) is 5.13 Å². The number of carbonyl (C=O) groups is 1. The van der Waals surface area contributed by atoms with E-state index in [0.717, 1.165) is 12.8 Å². The molecule has 22 heavy (non-hydrogen) atoms. The molecule has 0 aliphatic carbocycles. The van der Waals surface area contributed by atoms with Crippen LogP contribution in [0.1, 0.15) is 18.4 Å². The third kappa shape index (κ3) is 3.20. The molecule has 116 valence electrons. The molecule has 3 rings (SSSR count). The average molecular weight is 341 g/mol. The Hall–Kier alpha value is -1.73. The second-order valence-corrected chi connectivity index (χ2v) is 6.31. The third-order valence-corrected chi connectivity index (χ3v) is 4.67. The van der Waals surface area contributed by atoms with Gasteiger partial charge in [-0.1, -0.05) is 29.0 Å². The van der Waals surface area contributed by atoms with Crippen molar-refractivity contribution in [1.82, 2.24) is 15.1 Å². The van der Waals surface area contributed by atoms with Gasteiger partial charge in [0.15, 0.2) is 0 Å². The molecule has 1 aromatic heterocycles. The van der Waals surface area contributed by atoms with Gasteiger partial charge in [0, 0.05) is 23.2 Å². The van der Waals surface area contributed by atoms with Crippen molar-refractivity contribution in [1.29, 1.82) is 0 Å². The van der Waals surface area contributed by atoms with Crippen molar-refractivity contribution in [3.05, 3.63) is 40.1 Å². The molecule has 2 heterocycles. The number of nitrogens with one attached hydrogen (secondary N) is 1. The van der Waals surface area contributed by atoms with Crippen molar-refractivity contribution < 1.29 is 9.18 Å². The molecule has 5 nitrogen and oxygen atoms in total. The van der Waals surface area contributed by atoms with Crippen LogP contribution in [0.25, 0.3) is 0 Å². The lowest BCUT2D eigenvalue weighted by atomic mass is 10.0. The van der Waals surface area contributed by atoms with Crippen molar-refractivity contribution in [3.8, 4) is 0 Å². The maximum absolute atomic E-state index is 13.9. The van der Waals surface area contributed by atoms with Gasteiger partial charge in [0.05, 0.1) is 0 Å². The van der Waals surface area contributed by atoms with Gasteiger partial charge in [-0.15, -0.1) is 10.2 Å². The molecule has 1 saturated heterocycles. The average Bonchev–Trinajstić information content (AvgIpc) is 3.14. The largest absolute Gasteiger partial charge is 0.323 e. The fourth-order valence-electron chi connectivity index (χ4n) is 2.67. The minimum atomic E-state index is -0.330. The lowest BCUT2D eigenvalue weighted by Gasteiger charge is -2.25. The van der Waals surface area contributed by atoms with E-state index in [0.29, 0.717) is 28.7 Å². The van der Waals surface area contributed by atoms with Crippen LogP contribution in [0.2, 0.25) is 5.02 Å². The van der Waals surface area contributed by atoms with Crippen LogP contribution in [0.4, 0.5) is 14.3 Å². The van der Waals surface area contributed by atoms with E-state index in [1.54, 1.807) is 22.5 Å². The second-order valence-electron chi connectivity index (χ2n) is 5.07. The molecule has 0 saturated carbocycles. The normalized spacial score (nSPS) is 17.7. The third-order valence-electron chi connectivity index (χ3n) is 3.71. The first-order valence-electron chi connectivity index (χ1n) is 6.92. The van der Waals surface area contributed by atoms with E-state index in [1.165, 1.54) is 17.4 Å². The summed E-state index contributed by atoms with van der Waals surface area (Å²) in [6.45, 7) is 0.640. The molecule has 1 fully saturated rings. The van der Waals surface area contributed by atoms with Crippen LogP contribution in [0.3, 0.4) is 0 Å². The van der Waals surface area contributed by atoms with Crippen molar-refractivity contribution in [3.63, 3.8) is 0 Å². The molecule has 1 N–H and O–H groups in total. The molecule has 2 aromatic rings. The number of amides is 2. The van der Waals surface area contributed by atoms with Gasteiger partial charge in [-0.25, -0.2) is 9.18 Å². The molecule has 1 aliphatic heterocycles. The summed E-state index contributed by atoms with van der Waals surface area (Å²) in [5.74, 6) is -0.330. The Balaban J connectivity index is 1.72. The van der Waals surface area contributed by atoms with Gasteiger partial charge >= 0.3 is 6.03 Å². The number of anilines is 1. The Morgan fingerprint density at radius 2 is 2.41 bits per heavy atom. The van der Waals surface area contributed by atoms with Crippen LogP contribution >= 0.6 is 22.9 Å². The van der Waals surface area contributed by atoms with Crippen LogP contribution < -0.4 is 5.32 Å². The van der Waals surface area contributed by atoms with Crippen LogP contribution in [0, 0.1) is 5.82 Å².